The first-order valence-corrected chi connectivity index (χ1v) is 8.13. The molecule has 1 aromatic rings. The number of thioether (sulfide) groups is 1. The van der Waals surface area contributed by atoms with E-state index in [0.717, 1.165) is 18.0 Å². The van der Waals surface area contributed by atoms with Crippen molar-refractivity contribution in [2.24, 2.45) is 0 Å². The zero-order valence-electron chi connectivity index (χ0n) is 11.6. The van der Waals surface area contributed by atoms with Crippen molar-refractivity contribution in [3.05, 3.63) is 29.3 Å². The van der Waals surface area contributed by atoms with Crippen LogP contribution in [0.2, 0.25) is 5.02 Å². The van der Waals surface area contributed by atoms with Gasteiger partial charge in [-0.1, -0.05) is 50.9 Å². The third-order valence-electron chi connectivity index (χ3n) is 3.03. The van der Waals surface area contributed by atoms with Crippen molar-refractivity contribution >= 4 is 23.4 Å². The number of hydrogen-bond acceptors (Lipinski definition) is 2. The number of nitrogens with one attached hydrogen (secondary N) is 1. The Kier molecular flexibility index (Phi) is 7.80. The van der Waals surface area contributed by atoms with Crippen LogP contribution in [0.4, 0.5) is 0 Å². The van der Waals surface area contributed by atoms with Crippen molar-refractivity contribution in [3.8, 4) is 0 Å². The molecule has 3 heteroatoms. The first-order chi connectivity index (χ1) is 8.72. The molecule has 0 fully saturated rings. The second-order valence-electron chi connectivity index (χ2n) is 4.45. The maximum atomic E-state index is 6.24. The SMILES string of the molecule is CCCC(NCC)C(CC)Sc1ccccc1Cl. The Morgan fingerprint density at radius 1 is 1.22 bits per heavy atom. The van der Waals surface area contributed by atoms with Gasteiger partial charge in [-0.25, -0.2) is 0 Å². The van der Waals surface area contributed by atoms with E-state index in [4.69, 9.17) is 11.6 Å². The maximum absolute atomic E-state index is 6.24. The predicted octanol–water partition coefficient (Wildman–Crippen LogP) is 4.99. The number of hydrogen-bond donors (Lipinski definition) is 1. The molecule has 1 rings (SSSR count). The molecular weight excluding hydrogens is 262 g/mol. The molecule has 0 radical (unpaired) electrons. The normalized spacial score (nSPS) is 14.4. The van der Waals surface area contributed by atoms with Gasteiger partial charge in [0, 0.05) is 16.2 Å². The Labute approximate surface area is 121 Å². The van der Waals surface area contributed by atoms with Crippen LogP contribution in [0.5, 0.6) is 0 Å². The minimum atomic E-state index is 0.575. The van der Waals surface area contributed by atoms with Crippen molar-refractivity contribution in [2.45, 2.75) is 56.2 Å². The molecule has 102 valence electrons. The first kappa shape index (κ1) is 15.9. The van der Waals surface area contributed by atoms with Crippen LogP contribution in [0.1, 0.15) is 40.0 Å². The van der Waals surface area contributed by atoms with Gasteiger partial charge in [0.05, 0.1) is 5.02 Å². The largest absolute Gasteiger partial charge is 0.313 e. The standard InChI is InChI=1S/C15H24ClNS/c1-4-9-13(17-6-3)14(5-2)18-15-11-8-7-10-12(15)16/h7-8,10-11,13-14,17H,4-6,9H2,1-3H3. The van der Waals surface area contributed by atoms with E-state index in [1.54, 1.807) is 0 Å². The highest BCUT2D eigenvalue weighted by Gasteiger charge is 2.20. The molecule has 1 aromatic carbocycles. The summed E-state index contributed by atoms with van der Waals surface area (Å²) in [7, 11) is 0. The summed E-state index contributed by atoms with van der Waals surface area (Å²) in [6.45, 7) is 7.71. The minimum absolute atomic E-state index is 0.575. The average molecular weight is 286 g/mol. The van der Waals surface area contributed by atoms with E-state index in [-0.39, 0.29) is 0 Å². The number of rotatable bonds is 8. The van der Waals surface area contributed by atoms with Crippen molar-refractivity contribution < 1.29 is 0 Å². The van der Waals surface area contributed by atoms with E-state index in [1.807, 2.05) is 23.9 Å². The molecular formula is C15H24ClNS. The molecule has 0 aromatic heterocycles. The summed E-state index contributed by atoms with van der Waals surface area (Å²) in [5, 5.41) is 5.07. The fourth-order valence-electron chi connectivity index (χ4n) is 2.15. The van der Waals surface area contributed by atoms with Crippen molar-refractivity contribution in [1.29, 1.82) is 0 Å². The summed E-state index contributed by atoms with van der Waals surface area (Å²) < 4.78 is 0. The molecule has 1 nitrogen and oxygen atoms in total. The maximum Gasteiger partial charge on any atom is 0.0541 e. The fraction of sp³-hybridized carbons (Fsp3) is 0.600. The van der Waals surface area contributed by atoms with Gasteiger partial charge >= 0.3 is 0 Å². The average Bonchev–Trinajstić information content (AvgIpc) is 2.38. The van der Waals surface area contributed by atoms with Crippen molar-refractivity contribution in [3.63, 3.8) is 0 Å². The lowest BCUT2D eigenvalue weighted by Crippen LogP contribution is -2.37. The zero-order valence-corrected chi connectivity index (χ0v) is 13.2. The van der Waals surface area contributed by atoms with Gasteiger partial charge in [0.2, 0.25) is 0 Å². The third-order valence-corrected chi connectivity index (χ3v) is 5.05. The Bertz CT molecular complexity index is 337. The van der Waals surface area contributed by atoms with Gasteiger partial charge in [-0.15, -0.1) is 11.8 Å². The van der Waals surface area contributed by atoms with Gasteiger partial charge in [-0.2, -0.15) is 0 Å². The summed E-state index contributed by atoms with van der Waals surface area (Å²) in [6.07, 6.45) is 3.61. The molecule has 2 unspecified atom stereocenters. The molecule has 0 amide bonds. The summed E-state index contributed by atoms with van der Waals surface area (Å²) in [5.74, 6) is 0. The summed E-state index contributed by atoms with van der Waals surface area (Å²) in [5.41, 5.74) is 0. The fourth-order valence-corrected chi connectivity index (χ4v) is 3.64. The van der Waals surface area contributed by atoms with Gasteiger partial charge in [0.15, 0.2) is 0 Å². The van der Waals surface area contributed by atoms with Crippen LogP contribution in [0.3, 0.4) is 0 Å². The van der Waals surface area contributed by atoms with E-state index in [2.05, 4.69) is 38.2 Å². The lowest BCUT2D eigenvalue weighted by molar-refractivity contribution is 0.465. The van der Waals surface area contributed by atoms with Crippen LogP contribution >= 0.6 is 23.4 Å². The lowest BCUT2D eigenvalue weighted by Gasteiger charge is -2.26. The molecule has 2 atom stereocenters. The molecule has 0 aliphatic rings. The van der Waals surface area contributed by atoms with Gasteiger partial charge < -0.3 is 5.32 Å². The van der Waals surface area contributed by atoms with Crippen LogP contribution in [0, 0.1) is 0 Å². The second-order valence-corrected chi connectivity index (χ2v) is 6.14. The molecule has 0 aliphatic carbocycles. The van der Waals surface area contributed by atoms with Gasteiger partial charge in [-0.05, 0) is 31.5 Å². The van der Waals surface area contributed by atoms with Crippen LogP contribution in [0.25, 0.3) is 0 Å². The van der Waals surface area contributed by atoms with E-state index in [0.29, 0.717) is 11.3 Å². The Morgan fingerprint density at radius 2 is 1.94 bits per heavy atom. The van der Waals surface area contributed by atoms with Crippen molar-refractivity contribution in [1.82, 2.24) is 5.32 Å². The zero-order chi connectivity index (χ0) is 13.4. The number of halogens is 1. The second kappa shape index (κ2) is 8.84. The number of benzene rings is 1. The summed E-state index contributed by atoms with van der Waals surface area (Å²) in [4.78, 5) is 1.20. The Morgan fingerprint density at radius 3 is 2.50 bits per heavy atom. The molecule has 0 saturated carbocycles. The topological polar surface area (TPSA) is 12.0 Å². The quantitative estimate of drug-likeness (QED) is 0.676. The molecule has 18 heavy (non-hydrogen) atoms. The lowest BCUT2D eigenvalue weighted by atomic mass is 10.1. The van der Waals surface area contributed by atoms with Gasteiger partial charge in [0.25, 0.3) is 0 Å². The van der Waals surface area contributed by atoms with E-state index >= 15 is 0 Å². The van der Waals surface area contributed by atoms with Crippen LogP contribution < -0.4 is 5.32 Å². The molecule has 0 saturated heterocycles. The smallest absolute Gasteiger partial charge is 0.0541 e. The van der Waals surface area contributed by atoms with E-state index in [1.165, 1.54) is 17.7 Å². The molecule has 0 bridgehead atoms. The van der Waals surface area contributed by atoms with Crippen molar-refractivity contribution in [2.75, 3.05) is 6.54 Å². The predicted molar refractivity (Wildman–Crippen MR) is 83.8 cm³/mol. The summed E-state index contributed by atoms with van der Waals surface area (Å²) >= 11 is 8.15. The summed E-state index contributed by atoms with van der Waals surface area (Å²) in [6, 6.07) is 8.71. The molecule has 0 aliphatic heterocycles. The first-order valence-electron chi connectivity index (χ1n) is 6.87. The van der Waals surface area contributed by atoms with Gasteiger partial charge in [-0.3, -0.25) is 0 Å². The highest BCUT2D eigenvalue weighted by Crippen LogP contribution is 2.33. The molecule has 0 spiro atoms. The van der Waals surface area contributed by atoms with Gasteiger partial charge in [0.1, 0.15) is 0 Å². The van der Waals surface area contributed by atoms with E-state index < -0.39 is 0 Å². The Balaban J connectivity index is 2.73. The molecule has 1 N–H and O–H groups in total. The minimum Gasteiger partial charge on any atom is -0.313 e. The monoisotopic (exact) mass is 285 g/mol. The van der Waals surface area contributed by atoms with E-state index in [9.17, 15) is 0 Å². The van der Waals surface area contributed by atoms with Crippen LogP contribution in [-0.4, -0.2) is 17.8 Å². The van der Waals surface area contributed by atoms with Crippen LogP contribution in [-0.2, 0) is 0 Å². The highest BCUT2D eigenvalue weighted by molar-refractivity contribution is 8.00. The van der Waals surface area contributed by atoms with Crippen LogP contribution in [0.15, 0.2) is 29.2 Å². The third kappa shape index (κ3) is 4.83. The highest BCUT2D eigenvalue weighted by atomic mass is 35.5. The Hall–Kier alpha value is -0.180. The molecule has 0 heterocycles.